The summed E-state index contributed by atoms with van der Waals surface area (Å²) < 4.78 is 5.55. The van der Waals surface area contributed by atoms with Crippen LogP contribution in [0.15, 0.2) is 36.7 Å². The van der Waals surface area contributed by atoms with Crippen LogP contribution in [-0.2, 0) is 0 Å². The summed E-state index contributed by atoms with van der Waals surface area (Å²) in [6.07, 6.45) is 2.82. The SMILES string of the molecule is CC(C)Oc1cccc(C(=O)Nc2cnc(Cl)cn2)c1. The van der Waals surface area contributed by atoms with Gasteiger partial charge in [0.1, 0.15) is 10.9 Å². The average Bonchev–Trinajstić information content (AvgIpc) is 2.41. The molecule has 1 aromatic heterocycles. The quantitative estimate of drug-likeness (QED) is 0.940. The first-order chi connectivity index (χ1) is 9.54. The molecule has 0 aliphatic carbocycles. The van der Waals surface area contributed by atoms with Gasteiger partial charge < -0.3 is 10.1 Å². The molecule has 5 nitrogen and oxygen atoms in total. The van der Waals surface area contributed by atoms with Gasteiger partial charge in [-0.2, -0.15) is 0 Å². The van der Waals surface area contributed by atoms with E-state index < -0.39 is 0 Å². The van der Waals surface area contributed by atoms with Crippen molar-refractivity contribution in [3.8, 4) is 5.75 Å². The van der Waals surface area contributed by atoms with Crippen LogP contribution in [-0.4, -0.2) is 22.0 Å². The minimum atomic E-state index is -0.282. The maximum atomic E-state index is 12.1. The van der Waals surface area contributed by atoms with E-state index in [9.17, 15) is 4.79 Å². The van der Waals surface area contributed by atoms with Crippen LogP contribution in [0.5, 0.6) is 5.75 Å². The lowest BCUT2D eigenvalue weighted by Crippen LogP contribution is -2.13. The lowest BCUT2D eigenvalue weighted by atomic mass is 10.2. The lowest BCUT2D eigenvalue weighted by molar-refractivity contribution is 0.102. The molecule has 1 heterocycles. The Bertz CT molecular complexity index is 600. The highest BCUT2D eigenvalue weighted by Crippen LogP contribution is 2.16. The molecule has 0 spiro atoms. The van der Waals surface area contributed by atoms with Gasteiger partial charge >= 0.3 is 0 Å². The van der Waals surface area contributed by atoms with E-state index in [0.717, 1.165) is 0 Å². The second-order valence-corrected chi connectivity index (χ2v) is 4.76. The minimum absolute atomic E-state index is 0.0513. The topological polar surface area (TPSA) is 64.1 Å². The van der Waals surface area contributed by atoms with Crippen molar-refractivity contribution in [1.29, 1.82) is 0 Å². The van der Waals surface area contributed by atoms with Crippen molar-refractivity contribution in [2.75, 3.05) is 5.32 Å². The van der Waals surface area contributed by atoms with Gasteiger partial charge in [0, 0.05) is 5.56 Å². The van der Waals surface area contributed by atoms with Gasteiger partial charge in [0.25, 0.3) is 5.91 Å². The number of anilines is 1. The van der Waals surface area contributed by atoms with Gasteiger partial charge in [-0.3, -0.25) is 4.79 Å². The molecule has 1 aromatic carbocycles. The van der Waals surface area contributed by atoms with Crippen molar-refractivity contribution in [2.45, 2.75) is 20.0 Å². The molecule has 1 N–H and O–H groups in total. The zero-order chi connectivity index (χ0) is 14.5. The van der Waals surface area contributed by atoms with Crippen LogP contribution in [0.2, 0.25) is 5.15 Å². The number of nitrogens with zero attached hydrogens (tertiary/aromatic N) is 2. The van der Waals surface area contributed by atoms with Gasteiger partial charge in [-0.05, 0) is 32.0 Å². The number of carbonyl (C=O) groups excluding carboxylic acids is 1. The predicted molar refractivity (Wildman–Crippen MR) is 77.2 cm³/mol. The summed E-state index contributed by atoms with van der Waals surface area (Å²) in [6, 6.07) is 6.95. The summed E-state index contributed by atoms with van der Waals surface area (Å²) in [6.45, 7) is 3.85. The van der Waals surface area contributed by atoms with Crippen LogP contribution in [0.4, 0.5) is 5.82 Å². The molecule has 6 heteroatoms. The molecule has 0 radical (unpaired) electrons. The van der Waals surface area contributed by atoms with Crippen LogP contribution < -0.4 is 10.1 Å². The number of hydrogen-bond donors (Lipinski definition) is 1. The van der Waals surface area contributed by atoms with E-state index in [1.807, 2.05) is 13.8 Å². The second-order valence-electron chi connectivity index (χ2n) is 4.37. The molecule has 0 saturated heterocycles. The van der Waals surface area contributed by atoms with Crippen molar-refractivity contribution in [1.82, 2.24) is 9.97 Å². The van der Waals surface area contributed by atoms with E-state index in [4.69, 9.17) is 16.3 Å². The van der Waals surface area contributed by atoms with Crippen molar-refractivity contribution < 1.29 is 9.53 Å². The molecule has 2 rings (SSSR count). The monoisotopic (exact) mass is 291 g/mol. The summed E-state index contributed by atoms with van der Waals surface area (Å²) >= 11 is 5.63. The standard InChI is InChI=1S/C14H14ClN3O2/c1-9(2)20-11-5-3-4-10(6-11)14(19)18-13-8-16-12(15)7-17-13/h3-9H,1-2H3,(H,17,18,19). The molecule has 104 valence electrons. The number of halogens is 1. The maximum Gasteiger partial charge on any atom is 0.256 e. The van der Waals surface area contributed by atoms with Crippen molar-refractivity contribution >= 4 is 23.3 Å². The van der Waals surface area contributed by atoms with E-state index >= 15 is 0 Å². The Hall–Kier alpha value is -2.14. The average molecular weight is 292 g/mol. The zero-order valence-corrected chi connectivity index (χ0v) is 11.9. The number of rotatable bonds is 4. The molecule has 1 amide bonds. The Morgan fingerprint density at radius 1 is 1.30 bits per heavy atom. The summed E-state index contributed by atoms with van der Waals surface area (Å²) in [5.74, 6) is 0.709. The molecule has 0 unspecified atom stereocenters. The van der Waals surface area contributed by atoms with Gasteiger partial charge in [0.05, 0.1) is 18.5 Å². The summed E-state index contributed by atoms with van der Waals surface area (Å²) in [4.78, 5) is 19.9. The van der Waals surface area contributed by atoms with E-state index in [2.05, 4.69) is 15.3 Å². The number of carbonyl (C=O) groups is 1. The van der Waals surface area contributed by atoms with E-state index in [1.165, 1.54) is 12.4 Å². The normalized spacial score (nSPS) is 10.4. The number of nitrogens with one attached hydrogen (secondary N) is 1. The second kappa shape index (κ2) is 6.34. The first kappa shape index (κ1) is 14.3. The number of amides is 1. The van der Waals surface area contributed by atoms with E-state index in [0.29, 0.717) is 17.1 Å². The molecule has 0 fully saturated rings. The van der Waals surface area contributed by atoms with Crippen molar-refractivity contribution in [3.05, 3.63) is 47.4 Å². The Morgan fingerprint density at radius 2 is 2.10 bits per heavy atom. The Labute approximate surface area is 122 Å². The van der Waals surface area contributed by atoms with Crippen LogP contribution in [0, 0.1) is 0 Å². The third-order valence-electron chi connectivity index (χ3n) is 2.33. The van der Waals surface area contributed by atoms with Gasteiger partial charge in [-0.15, -0.1) is 0 Å². The molecule has 0 aliphatic heterocycles. The van der Waals surface area contributed by atoms with Crippen LogP contribution in [0.1, 0.15) is 24.2 Å². The molecule has 0 saturated carbocycles. The van der Waals surface area contributed by atoms with Crippen LogP contribution in [0.3, 0.4) is 0 Å². The third-order valence-corrected chi connectivity index (χ3v) is 2.53. The smallest absolute Gasteiger partial charge is 0.256 e. The van der Waals surface area contributed by atoms with E-state index in [-0.39, 0.29) is 17.2 Å². The molecule has 0 aliphatic rings. The Balaban J connectivity index is 2.10. The molecule has 20 heavy (non-hydrogen) atoms. The largest absolute Gasteiger partial charge is 0.491 e. The lowest BCUT2D eigenvalue weighted by Gasteiger charge is -2.10. The highest BCUT2D eigenvalue weighted by Gasteiger charge is 2.09. The first-order valence-corrected chi connectivity index (χ1v) is 6.48. The van der Waals surface area contributed by atoms with Gasteiger partial charge in [0.2, 0.25) is 0 Å². The van der Waals surface area contributed by atoms with Crippen LogP contribution in [0.25, 0.3) is 0 Å². The summed E-state index contributed by atoms with van der Waals surface area (Å²) in [5.41, 5.74) is 0.486. The fourth-order valence-corrected chi connectivity index (χ4v) is 1.65. The van der Waals surface area contributed by atoms with E-state index in [1.54, 1.807) is 24.3 Å². The Morgan fingerprint density at radius 3 is 2.75 bits per heavy atom. The molecule has 0 bridgehead atoms. The minimum Gasteiger partial charge on any atom is -0.491 e. The summed E-state index contributed by atoms with van der Waals surface area (Å²) in [7, 11) is 0. The maximum absolute atomic E-state index is 12.1. The fourth-order valence-electron chi connectivity index (χ4n) is 1.55. The first-order valence-electron chi connectivity index (χ1n) is 6.10. The molecular weight excluding hydrogens is 278 g/mol. The highest BCUT2D eigenvalue weighted by molar-refractivity contribution is 6.29. The molecule has 2 aromatic rings. The predicted octanol–water partition coefficient (Wildman–Crippen LogP) is 3.17. The summed E-state index contributed by atoms with van der Waals surface area (Å²) in [5, 5.41) is 2.91. The molecular formula is C14H14ClN3O2. The Kier molecular flexibility index (Phi) is 4.53. The molecule has 0 atom stereocenters. The number of aromatic nitrogens is 2. The number of hydrogen-bond acceptors (Lipinski definition) is 4. The highest BCUT2D eigenvalue weighted by atomic mass is 35.5. The number of benzene rings is 1. The number of ether oxygens (including phenoxy) is 1. The van der Waals surface area contributed by atoms with Crippen molar-refractivity contribution in [2.24, 2.45) is 0 Å². The zero-order valence-electron chi connectivity index (χ0n) is 11.1. The van der Waals surface area contributed by atoms with Gasteiger partial charge in [-0.1, -0.05) is 17.7 Å². The third kappa shape index (κ3) is 3.93. The fraction of sp³-hybridized carbons (Fsp3) is 0.214. The van der Waals surface area contributed by atoms with Gasteiger partial charge in [0.15, 0.2) is 5.82 Å². The van der Waals surface area contributed by atoms with Gasteiger partial charge in [-0.25, -0.2) is 9.97 Å². The van der Waals surface area contributed by atoms with Crippen LogP contribution >= 0.6 is 11.6 Å². The van der Waals surface area contributed by atoms with Crippen molar-refractivity contribution in [3.63, 3.8) is 0 Å².